The number of nitrogens with one attached hydrogen (secondary N) is 1. The minimum atomic E-state index is -3.55. The van der Waals surface area contributed by atoms with Crippen LogP contribution in [0.4, 0.5) is 0 Å². The van der Waals surface area contributed by atoms with Crippen LogP contribution in [0.2, 0.25) is 0 Å². The molecule has 2 rings (SSSR count). The molecule has 0 saturated carbocycles. The molecule has 0 aromatic heterocycles. The topological polar surface area (TPSA) is 97.4 Å². The van der Waals surface area contributed by atoms with E-state index in [2.05, 4.69) is 0 Å². The molecule has 1 N–H and O–H groups in total. The van der Waals surface area contributed by atoms with E-state index in [1.54, 1.807) is 12.1 Å². The summed E-state index contributed by atoms with van der Waals surface area (Å²) in [7, 11) is -4.97. The van der Waals surface area contributed by atoms with Crippen LogP contribution in [-0.2, 0) is 18.9 Å². The van der Waals surface area contributed by atoms with Crippen LogP contribution < -0.4 is 4.72 Å². The molecule has 1 heterocycles. The van der Waals surface area contributed by atoms with E-state index in [4.69, 9.17) is 8.92 Å². The molecule has 1 amide bonds. The molecular weight excluding hydrogens is 261 g/mol. The van der Waals surface area contributed by atoms with E-state index in [1.165, 1.54) is 12.1 Å². The van der Waals surface area contributed by atoms with Crippen molar-refractivity contribution in [3.63, 3.8) is 0 Å². The van der Waals surface area contributed by atoms with Crippen molar-refractivity contribution < 1.29 is 22.1 Å². The SMILES string of the molecule is O=C1NS(=O)(=O)c2ccccc21.O=[Si]=O.[NaH]. The Morgan fingerprint density at radius 1 is 1.12 bits per heavy atom. The van der Waals surface area contributed by atoms with Gasteiger partial charge in [-0.3, -0.25) is 13.7 Å². The Morgan fingerprint density at radius 3 is 2.12 bits per heavy atom. The Morgan fingerprint density at radius 2 is 1.62 bits per heavy atom. The molecule has 0 aliphatic carbocycles. The Kier molecular flexibility index (Phi) is 6.04. The number of benzene rings is 1. The summed E-state index contributed by atoms with van der Waals surface area (Å²) in [5, 5.41) is 0. The number of hydrogen-bond donors (Lipinski definition) is 1. The van der Waals surface area contributed by atoms with Crippen LogP contribution in [0.15, 0.2) is 29.2 Å². The summed E-state index contributed by atoms with van der Waals surface area (Å²) in [4.78, 5) is 11.1. The van der Waals surface area contributed by atoms with Gasteiger partial charge in [0.25, 0.3) is 15.9 Å². The number of carbonyl (C=O) groups excluding carboxylic acids is 1. The van der Waals surface area contributed by atoms with Crippen molar-refractivity contribution in [2.24, 2.45) is 0 Å². The Balaban J connectivity index is 0.000000511. The first kappa shape index (κ1) is 15.5. The van der Waals surface area contributed by atoms with Gasteiger partial charge in [-0.05, 0) is 12.1 Å². The van der Waals surface area contributed by atoms with Crippen LogP contribution in [-0.4, -0.2) is 53.2 Å². The fourth-order valence-corrected chi connectivity index (χ4v) is 2.29. The average Bonchev–Trinajstić information content (AvgIpc) is 2.40. The minimum absolute atomic E-state index is 0. The predicted octanol–water partition coefficient (Wildman–Crippen LogP) is -1.15. The summed E-state index contributed by atoms with van der Waals surface area (Å²) in [5.74, 6) is -0.550. The molecule has 1 aromatic rings. The van der Waals surface area contributed by atoms with Crippen LogP contribution >= 0.6 is 0 Å². The Hall–Kier alpha value is -0.543. The molecule has 0 fully saturated rings. The van der Waals surface area contributed by atoms with Crippen molar-refractivity contribution in [2.45, 2.75) is 4.90 Å². The summed E-state index contributed by atoms with van der Waals surface area (Å²) in [6, 6.07) is 6.09. The van der Waals surface area contributed by atoms with Crippen LogP contribution in [0, 0.1) is 0 Å². The maximum absolute atomic E-state index is 11.1. The molecule has 1 aromatic carbocycles. The van der Waals surface area contributed by atoms with E-state index in [1.807, 2.05) is 4.72 Å². The predicted molar refractivity (Wildman–Crippen MR) is 55.4 cm³/mol. The third-order valence-electron chi connectivity index (χ3n) is 1.65. The molecule has 80 valence electrons. The first-order valence-electron chi connectivity index (χ1n) is 3.68. The molecule has 0 saturated heterocycles. The van der Waals surface area contributed by atoms with Crippen molar-refractivity contribution in [3.8, 4) is 0 Å². The zero-order chi connectivity index (χ0) is 11.5. The van der Waals surface area contributed by atoms with E-state index >= 15 is 0 Å². The van der Waals surface area contributed by atoms with E-state index in [0.717, 1.165) is 0 Å². The van der Waals surface area contributed by atoms with Crippen LogP contribution in [0.25, 0.3) is 0 Å². The van der Waals surface area contributed by atoms with Gasteiger partial charge in [0.1, 0.15) is 4.90 Å². The summed E-state index contributed by atoms with van der Waals surface area (Å²) in [6.45, 7) is 0. The van der Waals surface area contributed by atoms with E-state index in [9.17, 15) is 13.2 Å². The average molecular weight is 267 g/mol. The second-order valence-corrected chi connectivity index (χ2v) is 4.33. The summed E-state index contributed by atoms with van der Waals surface area (Å²) in [6.07, 6.45) is 0. The molecule has 1 aliphatic rings. The standard InChI is InChI=1S/C7H5NO3S.Na.O2Si.H/c9-7-5-3-1-2-4-6(5)12(10,11)8-7;;1-3-2;/h1-4H,(H,8,9);;;. The Labute approximate surface area is 116 Å². The van der Waals surface area contributed by atoms with Crippen molar-refractivity contribution in [1.82, 2.24) is 4.72 Å². The first-order chi connectivity index (χ1) is 7.03. The third kappa shape index (κ3) is 3.22. The molecule has 9 heteroatoms. The van der Waals surface area contributed by atoms with Gasteiger partial charge in [-0.15, -0.1) is 0 Å². The van der Waals surface area contributed by atoms with Crippen molar-refractivity contribution in [3.05, 3.63) is 29.8 Å². The Bertz CT molecular complexity index is 537. The van der Waals surface area contributed by atoms with Gasteiger partial charge < -0.3 is 0 Å². The molecule has 0 bridgehead atoms. The molecular formula is C7H6NNaO5SSi. The third-order valence-corrected chi connectivity index (χ3v) is 3.04. The molecule has 0 atom stereocenters. The number of sulfonamides is 1. The molecule has 0 radical (unpaired) electrons. The maximum atomic E-state index is 11.1. The number of amides is 1. The van der Waals surface area contributed by atoms with Gasteiger partial charge in [0.15, 0.2) is 0 Å². The first-order valence-corrected chi connectivity index (χ1v) is 5.98. The molecule has 6 nitrogen and oxygen atoms in total. The monoisotopic (exact) mass is 267 g/mol. The molecule has 0 unspecified atom stereocenters. The van der Waals surface area contributed by atoms with Crippen molar-refractivity contribution in [1.29, 1.82) is 0 Å². The fraction of sp³-hybridized carbons (Fsp3) is 0. The quantitative estimate of drug-likeness (QED) is 0.599. The number of rotatable bonds is 0. The van der Waals surface area contributed by atoms with Gasteiger partial charge >= 0.3 is 38.8 Å². The second kappa shape index (κ2) is 6.26. The summed E-state index contributed by atoms with van der Waals surface area (Å²) >= 11 is 0. The number of carbonyl (C=O) groups is 1. The second-order valence-electron chi connectivity index (χ2n) is 2.51. The van der Waals surface area contributed by atoms with Crippen LogP contribution in [0.3, 0.4) is 0 Å². The van der Waals surface area contributed by atoms with Crippen molar-refractivity contribution >= 4 is 54.8 Å². The molecule has 16 heavy (non-hydrogen) atoms. The van der Waals surface area contributed by atoms with Gasteiger partial charge in [-0.1, -0.05) is 12.1 Å². The molecule has 1 aliphatic heterocycles. The summed E-state index contributed by atoms with van der Waals surface area (Å²) < 4.78 is 41.0. The van der Waals surface area contributed by atoms with Gasteiger partial charge in [0, 0.05) is 0 Å². The zero-order valence-corrected chi connectivity index (χ0v) is 9.08. The summed E-state index contributed by atoms with van der Waals surface area (Å²) in [5.41, 5.74) is 0.220. The van der Waals surface area contributed by atoms with Crippen LogP contribution in [0.5, 0.6) is 0 Å². The van der Waals surface area contributed by atoms with E-state index < -0.39 is 25.2 Å². The van der Waals surface area contributed by atoms with Gasteiger partial charge in [-0.25, -0.2) is 13.1 Å². The van der Waals surface area contributed by atoms with E-state index in [0.29, 0.717) is 0 Å². The van der Waals surface area contributed by atoms with Crippen molar-refractivity contribution in [2.75, 3.05) is 0 Å². The van der Waals surface area contributed by atoms with Gasteiger partial charge in [0.2, 0.25) is 0 Å². The molecule has 0 spiro atoms. The zero-order valence-electron chi connectivity index (χ0n) is 7.26. The number of hydrogen-bond acceptors (Lipinski definition) is 5. The van der Waals surface area contributed by atoms with Crippen LogP contribution in [0.1, 0.15) is 10.4 Å². The van der Waals surface area contributed by atoms with Gasteiger partial charge in [0.05, 0.1) is 5.56 Å². The van der Waals surface area contributed by atoms with E-state index in [-0.39, 0.29) is 40.0 Å². The fourth-order valence-electron chi connectivity index (χ4n) is 1.12. The number of fused-ring (bicyclic) bond motifs is 1. The van der Waals surface area contributed by atoms with Gasteiger partial charge in [-0.2, -0.15) is 0 Å². The normalized spacial score (nSPS) is 14.4.